The molecule has 2 N–H and O–H groups in total. The first-order valence-electron chi connectivity index (χ1n) is 4.66. The first-order valence-corrected chi connectivity index (χ1v) is 6.55. The minimum Gasteiger partial charge on any atom is -0.330 e. The standard InChI is InChI=1S/C10H13F2NO2S/c1-6(5-13)7-3-8(11)10(9(12)4-7)16(2,14)15/h3-4,6H,5,13H2,1-2H3. The van der Waals surface area contributed by atoms with E-state index >= 15 is 0 Å². The quantitative estimate of drug-likeness (QED) is 0.881. The van der Waals surface area contributed by atoms with Gasteiger partial charge in [-0.05, 0) is 30.2 Å². The van der Waals surface area contributed by atoms with Gasteiger partial charge in [-0.1, -0.05) is 6.92 Å². The first-order chi connectivity index (χ1) is 7.27. The van der Waals surface area contributed by atoms with E-state index in [1.54, 1.807) is 6.92 Å². The van der Waals surface area contributed by atoms with E-state index in [1.807, 2.05) is 0 Å². The molecule has 0 amide bonds. The zero-order valence-electron chi connectivity index (χ0n) is 9.00. The fourth-order valence-corrected chi connectivity index (χ4v) is 2.18. The van der Waals surface area contributed by atoms with Crippen molar-refractivity contribution in [2.24, 2.45) is 5.73 Å². The van der Waals surface area contributed by atoms with E-state index in [2.05, 4.69) is 0 Å². The van der Waals surface area contributed by atoms with Crippen molar-refractivity contribution in [3.05, 3.63) is 29.3 Å². The highest BCUT2D eigenvalue weighted by Gasteiger charge is 2.21. The zero-order chi connectivity index (χ0) is 12.5. The van der Waals surface area contributed by atoms with E-state index in [1.165, 1.54) is 0 Å². The average molecular weight is 249 g/mol. The van der Waals surface area contributed by atoms with Gasteiger partial charge >= 0.3 is 0 Å². The van der Waals surface area contributed by atoms with Crippen LogP contribution in [0.3, 0.4) is 0 Å². The molecule has 0 aromatic heterocycles. The van der Waals surface area contributed by atoms with Crippen LogP contribution in [0.2, 0.25) is 0 Å². The van der Waals surface area contributed by atoms with Crippen molar-refractivity contribution < 1.29 is 17.2 Å². The summed E-state index contributed by atoms with van der Waals surface area (Å²) in [7, 11) is -3.89. The van der Waals surface area contributed by atoms with Crippen molar-refractivity contribution in [1.29, 1.82) is 0 Å². The van der Waals surface area contributed by atoms with Gasteiger partial charge in [-0.25, -0.2) is 17.2 Å². The maximum Gasteiger partial charge on any atom is 0.181 e. The van der Waals surface area contributed by atoms with Crippen molar-refractivity contribution in [3.8, 4) is 0 Å². The third-order valence-corrected chi connectivity index (χ3v) is 3.45. The molecule has 0 fully saturated rings. The van der Waals surface area contributed by atoms with Gasteiger partial charge in [0.1, 0.15) is 16.5 Å². The molecule has 0 bridgehead atoms. The number of rotatable bonds is 3. The molecule has 1 aromatic rings. The number of halogens is 2. The van der Waals surface area contributed by atoms with Crippen molar-refractivity contribution in [2.75, 3.05) is 12.8 Å². The van der Waals surface area contributed by atoms with Gasteiger partial charge < -0.3 is 5.73 Å². The number of nitrogens with two attached hydrogens (primary N) is 1. The van der Waals surface area contributed by atoms with Crippen LogP contribution in [-0.4, -0.2) is 21.2 Å². The maximum absolute atomic E-state index is 13.4. The molecule has 0 aliphatic carbocycles. The highest BCUT2D eigenvalue weighted by molar-refractivity contribution is 7.90. The van der Waals surface area contributed by atoms with Crippen LogP contribution in [-0.2, 0) is 9.84 Å². The van der Waals surface area contributed by atoms with Gasteiger partial charge in [0.05, 0.1) is 0 Å². The second-order valence-corrected chi connectivity index (χ2v) is 5.68. The normalized spacial score (nSPS) is 13.8. The van der Waals surface area contributed by atoms with E-state index in [4.69, 9.17) is 5.73 Å². The number of hydrogen-bond donors (Lipinski definition) is 1. The number of sulfone groups is 1. The summed E-state index contributed by atoms with van der Waals surface area (Å²) in [5.41, 5.74) is 5.72. The van der Waals surface area contributed by atoms with Crippen LogP contribution < -0.4 is 5.73 Å². The molecule has 1 atom stereocenters. The summed E-state index contributed by atoms with van der Waals surface area (Å²) >= 11 is 0. The number of hydrogen-bond acceptors (Lipinski definition) is 3. The Morgan fingerprint density at radius 1 is 1.31 bits per heavy atom. The summed E-state index contributed by atoms with van der Waals surface area (Å²) in [5.74, 6) is -2.37. The molecule has 1 unspecified atom stereocenters. The largest absolute Gasteiger partial charge is 0.330 e. The Balaban J connectivity index is 3.40. The molecular weight excluding hydrogens is 236 g/mol. The van der Waals surface area contributed by atoms with Crippen molar-refractivity contribution in [3.63, 3.8) is 0 Å². The topological polar surface area (TPSA) is 60.2 Å². The zero-order valence-corrected chi connectivity index (χ0v) is 9.81. The van der Waals surface area contributed by atoms with E-state index in [0.29, 0.717) is 5.56 Å². The van der Waals surface area contributed by atoms with Gasteiger partial charge in [0.25, 0.3) is 0 Å². The minimum atomic E-state index is -3.89. The molecule has 0 saturated heterocycles. The molecule has 0 aliphatic heterocycles. The third-order valence-electron chi connectivity index (χ3n) is 2.31. The predicted molar refractivity (Wildman–Crippen MR) is 56.9 cm³/mol. The van der Waals surface area contributed by atoms with Crippen LogP contribution in [0.1, 0.15) is 18.4 Å². The van der Waals surface area contributed by atoms with Crippen molar-refractivity contribution in [1.82, 2.24) is 0 Å². The van der Waals surface area contributed by atoms with Gasteiger partial charge in [0, 0.05) is 6.26 Å². The summed E-state index contributed by atoms with van der Waals surface area (Å²) in [6.45, 7) is 1.94. The van der Waals surface area contributed by atoms with Crippen molar-refractivity contribution >= 4 is 9.84 Å². The molecular formula is C10H13F2NO2S. The molecule has 0 radical (unpaired) electrons. The lowest BCUT2D eigenvalue weighted by Gasteiger charge is -2.11. The summed E-state index contributed by atoms with van der Waals surface area (Å²) < 4.78 is 49.1. The second-order valence-electron chi connectivity index (χ2n) is 3.72. The summed E-state index contributed by atoms with van der Waals surface area (Å²) in [4.78, 5) is -0.888. The Labute approximate surface area is 93.2 Å². The Hall–Kier alpha value is -1.01. The van der Waals surface area contributed by atoms with Crippen LogP contribution in [0.5, 0.6) is 0 Å². The Kier molecular flexibility index (Phi) is 3.64. The maximum atomic E-state index is 13.4. The lowest BCUT2D eigenvalue weighted by Crippen LogP contribution is -2.11. The molecule has 1 aromatic carbocycles. The molecule has 0 spiro atoms. The van der Waals surface area contributed by atoms with Crippen LogP contribution in [0.25, 0.3) is 0 Å². The molecule has 6 heteroatoms. The van der Waals surface area contributed by atoms with Crippen molar-refractivity contribution in [2.45, 2.75) is 17.7 Å². The Morgan fingerprint density at radius 2 is 1.75 bits per heavy atom. The molecule has 16 heavy (non-hydrogen) atoms. The monoisotopic (exact) mass is 249 g/mol. The SMILES string of the molecule is CC(CN)c1cc(F)c(S(C)(=O)=O)c(F)c1. The van der Waals surface area contributed by atoms with Gasteiger partial charge in [-0.15, -0.1) is 0 Å². The highest BCUT2D eigenvalue weighted by atomic mass is 32.2. The second kappa shape index (κ2) is 4.47. The van der Waals surface area contributed by atoms with Gasteiger partial charge in [-0.2, -0.15) is 0 Å². The average Bonchev–Trinajstić information content (AvgIpc) is 2.13. The highest BCUT2D eigenvalue weighted by Crippen LogP contribution is 2.24. The molecule has 0 heterocycles. The van der Waals surface area contributed by atoms with E-state index in [0.717, 1.165) is 18.4 Å². The molecule has 3 nitrogen and oxygen atoms in total. The summed E-state index contributed by atoms with van der Waals surface area (Å²) in [6, 6.07) is 2.02. The summed E-state index contributed by atoms with van der Waals surface area (Å²) in [5, 5.41) is 0. The smallest absolute Gasteiger partial charge is 0.181 e. The fourth-order valence-electron chi connectivity index (χ4n) is 1.35. The van der Waals surface area contributed by atoms with Crippen LogP contribution in [0.15, 0.2) is 17.0 Å². The Bertz CT molecular complexity index is 477. The van der Waals surface area contributed by atoms with Crippen LogP contribution >= 0.6 is 0 Å². The molecule has 0 saturated carbocycles. The van der Waals surface area contributed by atoms with Crippen LogP contribution in [0.4, 0.5) is 8.78 Å². The van der Waals surface area contributed by atoms with Gasteiger partial charge in [-0.3, -0.25) is 0 Å². The lowest BCUT2D eigenvalue weighted by molar-refractivity contribution is 0.516. The van der Waals surface area contributed by atoms with E-state index in [-0.39, 0.29) is 12.5 Å². The fraction of sp³-hybridized carbons (Fsp3) is 0.400. The first kappa shape index (κ1) is 13.1. The molecule has 0 aliphatic rings. The Morgan fingerprint density at radius 3 is 2.06 bits per heavy atom. The minimum absolute atomic E-state index is 0.224. The van der Waals surface area contributed by atoms with Crippen LogP contribution in [0, 0.1) is 11.6 Å². The molecule has 1 rings (SSSR count). The van der Waals surface area contributed by atoms with Gasteiger partial charge in [0.2, 0.25) is 0 Å². The lowest BCUT2D eigenvalue weighted by atomic mass is 10.0. The van der Waals surface area contributed by atoms with Gasteiger partial charge in [0.15, 0.2) is 9.84 Å². The van der Waals surface area contributed by atoms with E-state index in [9.17, 15) is 17.2 Å². The third kappa shape index (κ3) is 2.56. The predicted octanol–water partition coefficient (Wildman–Crippen LogP) is 1.43. The molecule has 90 valence electrons. The summed E-state index contributed by atoms with van der Waals surface area (Å²) in [6.07, 6.45) is 0.764. The van der Waals surface area contributed by atoms with E-state index < -0.39 is 26.4 Å². The number of benzene rings is 1.